The Morgan fingerprint density at radius 2 is 0.754 bits per heavy atom. The maximum absolute atomic E-state index is 13.8. The van der Waals surface area contributed by atoms with E-state index < -0.39 is 156 Å². The highest BCUT2D eigenvalue weighted by atomic mass is 16.5. The highest BCUT2D eigenvalue weighted by molar-refractivity contribution is 6.01. The van der Waals surface area contributed by atoms with E-state index in [0.29, 0.717) is 0 Å². The lowest BCUT2D eigenvalue weighted by Gasteiger charge is -2.41. The third-order valence-corrected chi connectivity index (χ3v) is 23.9. The zero-order chi connectivity index (χ0) is 85.2. The number of nitrogens with one attached hydrogen (secondary N) is 7. The van der Waals surface area contributed by atoms with Crippen LogP contribution >= 0.6 is 0 Å². The van der Waals surface area contributed by atoms with Crippen molar-refractivity contribution in [1.82, 2.24) is 57.1 Å². The molecular weight excluding hydrogens is 1520 g/mol. The topological polar surface area (TPSA) is 462 Å². The molecule has 30 nitrogen and oxygen atoms in total. The van der Waals surface area contributed by atoms with Gasteiger partial charge in [0.2, 0.25) is 29.5 Å². The summed E-state index contributed by atoms with van der Waals surface area (Å²) in [5.74, 6) is -12.4. The molecule has 3 saturated carbocycles. The monoisotopic (exact) mass is 1620 g/mol. The number of aromatic nitrogens is 3. The molecule has 6 fully saturated rings. The van der Waals surface area contributed by atoms with Crippen molar-refractivity contribution in [3.63, 3.8) is 0 Å². The largest absolute Gasteiger partial charge is 0.505 e. The van der Waals surface area contributed by atoms with E-state index in [1.165, 1.54) is 66.8 Å². The minimum atomic E-state index is -1.33. The third-order valence-electron chi connectivity index (χ3n) is 23.9. The zero-order valence-corrected chi connectivity index (χ0v) is 67.4. The first-order chi connectivity index (χ1) is 56.4. The summed E-state index contributed by atoms with van der Waals surface area (Å²) in [4.78, 5) is 174. The van der Waals surface area contributed by atoms with Crippen LogP contribution in [0.3, 0.4) is 0 Å². The Bertz CT molecular complexity index is 4340. The zero-order valence-electron chi connectivity index (χ0n) is 67.4. The Labute approximate surface area is 685 Å². The summed E-state index contributed by atoms with van der Waals surface area (Å²) in [6.07, 6.45) is 7.26. The number of Topliss-reactive ketones (excluding diaryl/α,β-unsaturated/α-hetero) is 3. The molecule has 6 aromatic rings. The SMILES string of the molecule is C[C@H]1CC(=O)C(C2CCC2)N(C)C(=O)[C@H](C)[C@H](O)[C@H](Cc2ccccc2)NC(=O)[C@H]1NC(=O)c1ncccc1O.C[C@H]1CC(=O)C(C2CCC2)NC(=O)[C@H](C)[C@H](O)[C@H](Cc2ccccc2)NC(=O)[C@H]1NC(=O)c1ncccc1O.C[C@H]1CC(=O)C(C2CCC2)OC(=O)[C@H](C)[C@H](O)[C@H](Cc2ccccc2)NC(=O)[C@H]1NC(=O)c1ncccc1O. The van der Waals surface area contributed by atoms with Gasteiger partial charge in [-0.15, -0.1) is 0 Å². The van der Waals surface area contributed by atoms with Gasteiger partial charge < -0.3 is 77.5 Å². The second-order valence-electron chi connectivity index (χ2n) is 32.5. The van der Waals surface area contributed by atoms with Crippen LogP contribution in [0.4, 0.5) is 0 Å². The summed E-state index contributed by atoms with van der Waals surface area (Å²) in [7, 11) is 1.61. The van der Waals surface area contributed by atoms with Gasteiger partial charge in [-0.05, 0) is 147 Å². The number of rotatable bonds is 15. The van der Waals surface area contributed by atoms with Gasteiger partial charge in [0.1, 0.15) is 35.4 Å². The molecule has 3 aromatic heterocycles. The van der Waals surface area contributed by atoms with Crippen LogP contribution in [-0.2, 0) is 67.2 Å². The van der Waals surface area contributed by atoms with Gasteiger partial charge >= 0.3 is 5.97 Å². The number of amides is 8. The first-order valence-corrected chi connectivity index (χ1v) is 40.7. The fourth-order valence-electron chi connectivity index (χ4n) is 16.0. The number of aliphatic hydroxyl groups is 3. The van der Waals surface area contributed by atoms with Crippen molar-refractivity contribution in [2.24, 2.45) is 53.3 Å². The second-order valence-corrected chi connectivity index (χ2v) is 32.5. The molecule has 0 radical (unpaired) electrons. The minimum absolute atomic E-state index is 0.00613. The van der Waals surface area contributed by atoms with Crippen LogP contribution in [0.5, 0.6) is 17.2 Å². The number of cyclic esters (lactones) is 1. The van der Waals surface area contributed by atoms with Crippen molar-refractivity contribution < 1.29 is 92.9 Å². The van der Waals surface area contributed by atoms with E-state index in [1.54, 1.807) is 41.7 Å². The second kappa shape index (κ2) is 41.2. The molecule has 13 N–H and O–H groups in total. The molecule has 6 heterocycles. The Morgan fingerprint density at radius 1 is 0.415 bits per heavy atom. The summed E-state index contributed by atoms with van der Waals surface area (Å²) >= 11 is 0. The molecule has 3 aliphatic carbocycles. The lowest BCUT2D eigenvalue weighted by atomic mass is 9.75. The van der Waals surface area contributed by atoms with Gasteiger partial charge in [-0.25, -0.2) is 15.0 Å². The molecule has 3 saturated heterocycles. The van der Waals surface area contributed by atoms with Gasteiger partial charge in [0, 0.05) is 50.8 Å². The van der Waals surface area contributed by atoms with E-state index >= 15 is 0 Å². The lowest BCUT2D eigenvalue weighted by molar-refractivity contribution is -0.168. The number of pyridine rings is 3. The van der Waals surface area contributed by atoms with Gasteiger partial charge in [0.15, 0.2) is 40.5 Å². The molecule has 12 rings (SSSR count). The number of ketones is 3. The quantitative estimate of drug-likeness (QED) is 0.0581. The maximum atomic E-state index is 13.8. The number of aromatic hydroxyl groups is 3. The predicted molar refractivity (Wildman–Crippen MR) is 430 cm³/mol. The van der Waals surface area contributed by atoms with Crippen LogP contribution in [0.1, 0.15) is 167 Å². The number of likely N-dealkylation sites (N-methyl/N-ethyl adjacent to an activating group) is 1. The van der Waals surface area contributed by atoms with Crippen LogP contribution in [0.2, 0.25) is 0 Å². The van der Waals surface area contributed by atoms with Gasteiger partial charge in [-0.1, -0.05) is 145 Å². The highest BCUT2D eigenvalue weighted by Crippen LogP contribution is 2.38. The number of hydrogen-bond donors (Lipinski definition) is 13. The molecule has 3 aromatic carbocycles. The van der Waals surface area contributed by atoms with Crippen LogP contribution in [0.25, 0.3) is 0 Å². The molecule has 118 heavy (non-hydrogen) atoms. The van der Waals surface area contributed by atoms with Gasteiger partial charge in [0.05, 0.1) is 66.3 Å². The molecule has 630 valence electrons. The molecule has 6 aliphatic rings. The van der Waals surface area contributed by atoms with Gasteiger partial charge in [0.25, 0.3) is 17.7 Å². The fraction of sp³-hybridized carbons (Fsp3) is 0.489. The third kappa shape index (κ3) is 22.5. The molecule has 3 aliphatic heterocycles. The summed E-state index contributed by atoms with van der Waals surface area (Å²) < 4.78 is 5.71. The smallest absolute Gasteiger partial charge is 0.312 e. The Kier molecular flexibility index (Phi) is 31.0. The average Bonchev–Trinajstić information content (AvgIpc) is 0.488. The van der Waals surface area contributed by atoms with E-state index in [2.05, 4.69) is 52.2 Å². The van der Waals surface area contributed by atoms with E-state index in [4.69, 9.17) is 4.74 Å². The van der Waals surface area contributed by atoms with E-state index in [-0.39, 0.29) is 114 Å². The van der Waals surface area contributed by atoms with Crippen molar-refractivity contribution >= 4 is 70.6 Å². The molecule has 0 spiro atoms. The van der Waals surface area contributed by atoms with Crippen LogP contribution in [0, 0.1) is 53.3 Å². The number of carbonyl (C=O) groups excluding carboxylic acids is 12. The highest BCUT2D eigenvalue weighted by Gasteiger charge is 2.47. The van der Waals surface area contributed by atoms with Crippen molar-refractivity contribution in [3.05, 3.63) is 180 Å². The standard InChI is InChI=1S/C30H38N4O6.C29H36N4O6.C29H35N3O7/c1-17-15-23(36)26(20-11-7-12-20)34(3)30(40)18(2)27(37)21(16-19-9-5-4-6-10-19)32-28(38)24(17)33-29(39)25-22(35)13-8-14-31-25;1-16-14-22(35)24(19-10-6-11-19)33-27(37)17(2)26(36)20(15-18-8-4-3-5-9-18)31-28(38)23(16)32-29(39)25-21(34)12-7-13-30-25;1-16-14-22(34)26(19-10-6-11-19)39-29(38)17(2)25(35)20(15-18-8-4-3-5-9-18)31-27(36)23(16)32-28(37)24-21(33)12-7-13-30-24/h4-6,8-10,13-14,17-18,20-21,24,26-27,35,37H,7,11-12,15-16H2,1-3H3,(H,32,38)(H,33,39);3-5,7-9,12-13,16-17,19-20,23-24,26,34,36H,6,10-11,14-15H2,1-2H3,(H,31,38)(H,32,39)(H,33,37);3-5,7-9,12-13,16-17,19-20,23,25-26,33,35H,6,10-11,14-15H2,1-2H3,(H,31,36)(H,32,37)/t17-,18+,21-,24-,26?,27-;16-,17+,20-,23-,24?,26-;16-,17+,20-,23-,25-,26?/m000/s1. The maximum Gasteiger partial charge on any atom is 0.312 e. The predicted octanol–water partition coefficient (Wildman–Crippen LogP) is 5.28. The fourth-order valence-corrected chi connectivity index (χ4v) is 16.0. The van der Waals surface area contributed by atoms with E-state index in [1.807, 2.05) is 91.0 Å². The van der Waals surface area contributed by atoms with E-state index in [0.717, 1.165) is 74.5 Å². The summed E-state index contributed by atoms with van der Waals surface area (Å²) in [5.41, 5.74) is 1.77. The molecule has 3 unspecified atom stereocenters. The van der Waals surface area contributed by atoms with Crippen molar-refractivity contribution in [1.29, 1.82) is 0 Å². The Morgan fingerprint density at radius 3 is 1.10 bits per heavy atom. The van der Waals surface area contributed by atoms with Gasteiger partial charge in [-0.2, -0.15) is 0 Å². The molecular formula is C88H109N11O19. The molecule has 8 amide bonds. The Balaban J connectivity index is 0.000000186. The van der Waals surface area contributed by atoms with Crippen LogP contribution in [0.15, 0.2) is 146 Å². The number of esters is 1. The van der Waals surface area contributed by atoms with Crippen molar-refractivity contribution in [3.8, 4) is 17.2 Å². The van der Waals surface area contributed by atoms with Crippen molar-refractivity contribution in [2.75, 3.05) is 7.05 Å². The number of carbonyl (C=O) groups is 12. The number of ether oxygens (including phenoxy) is 1. The first-order valence-electron chi connectivity index (χ1n) is 40.7. The van der Waals surface area contributed by atoms with E-state index in [9.17, 15) is 88.2 Å². The van der Waals surface area contributed by atoms with Crippen molar-refractivity contribution in [2.45, 2.75) is 211 Å². The number of hydrogen-bond acceptors (Lipinski definition) is 22. The Hall–Kier alpha value is -11.4. The number of aliphatic hydroxyl groups excluding tert-OH is 3. The summed E-state index contributed by atoms with van der Waals surface area (Å²) in [6, 6.07) is 28.6. The normalized spacial score (nSPS) is 28.7. The number of benzene rings is 3. The summed E-state index contributed by atoms with van der Waals surface area (Å²) in [5, 5.41) is 83.6. The average molecular weight is 1620 g/mol. The lowest BCUT2D eigenvalue weighted by Crippen LogP contribution is -2.60. The van der Waals surface area contributed by atoms with Crippen LogP contribution < -0.4 is 37.2 Å². The molecule has 18 atom stereocenters. The van der Waals surface area contributed by atoms with Crippen LogP contribution in [-0.4, -0.2) is 201 Å². The number of nitrogens with zero attached hydrogens (tertiary/aromatic N) is 4. The van der Waals surface area contributed by atoms with Gasteiger partial charge in [-0.3, -0.25) is 57.5 Å². The molecule has 0 bridgehead atoms. The summed E-state index contributed by atoms with van der Waals surface area (Å²) in [6.45, 7) is 9.71. The first kappa shape index (κ1) is 89.0. The minimum Gasteiger partial charge on any atom is -0.505 e. The molecule has 30 heteroatoms.